The Labute approximate surface area is 125 Å². The van der Waals surface area contributed by atoms with E-state index < -0.39 is 0 Å². The van der Waals surface area contributed by atoms with Gasteiger partial charge in [-0.15, -0.1) is 0 Å². The minimum absolute atomic E-state index is 0.486. The topological polar surface area (TPSA) is 9.23 Å². The van der Waals surface area contributed by atoms with Gasteiger partial charge in [-0.1, -0.05) is 54.8 Å². The van der Waals surface area contributed by atoms with Gasteiger partial charge in [-0.3, -0.25) is 0 Å². The molecule has 0 saturated carbocycles. The SMILES string of the molecule is CCCC(CCC)C(Br)c1ccc2c(c1)CCCO2. The smallest absolute Gasteiger partial charge is 0.122 e. The molecular weight excluding hydrogens is 300 g/mol. The summed E-state index contributed by atoms with van der Waals surface area (Å²) in [4.78, 5) is 0.486. The first-order valence-corrected chi connectivity index (χ1v) is 8.57. The number of hydrogen-bond acceptors (Lipinski definition) is 1. The van der Waals surface area contributed by atoms with Crippen LogP contribution in [0, 0.1) is 5.92 Å². The molecule has 1 aromatic rings. The average molecular weight is 325 g/mol. The number of hydrogen-bond donors (Lipinski definition) is 0. The lowest BCUT2D eigenvalue weighted by atomic mass is 9.89. The summed E-state index contributed by atoms with van der Waals surface area (Å²) in [6, 6.07) is 6.75. The van der Waals surface area contributed by atoms with Gasteiger partial charge in [0.2, 0.25) is 0 Å². The van der Waals surface area contributed by atoms with Crippen LogP contribution in [0.25, 0.3) is 0 Å². The Morgan fingerprint density at radius 1 is 1.21 bits per heavy atom. The molecule has 19 heavy (non-hydrogen) atoms. The molecule has 0 fully saturated rings. The monoisotopic (exact) mass is 324 g/mol. The molecule has 1 nitrogen and oxygen atoms in total. The van der Waals surface area contributed by atoms with Crippen molar-refractivity contribution in [2.45, 2.75) is 57.2 Å². The molecular formula is C17H25BrO. The number of ether oxygens (including phenoxy) is 1. The standard InChI is InChI=1S/C17H25BrO/c1-3-6-13(7-4-2)17(18)15-9-10-16-14(12-15)8-5-11-19-16/h9-10,12-13,17H,3-8,11H2,1-2H3. The van der Waals surface area contributed by atoms with E-state index in [9.17, 15) is 0 Å². The van der Waals surface area contributed by atoms with Gasteiger partial charge in [0.25, 0.3) is 0 Å². The van der Waals surface area contributed by atoms with Gasteiger partial charge in [-0.25, -0.2) is 0 Å². The Morgan fingerprint density at radius 3 is 2.63 bits per heavy atom. The molecule has 106 valence electrons. The Bertz CT molecular complexity index is 396. The quantitative estimate of drug-likeness (QED) is 0.613. The van der Waals surface area contributed by atoms with Crippen molar-refractivity contribution in [3.63, 3.8) is 0 Å². The summed E-state index contributed by atoms with van der Waals surface area (Å²) in [5, 5.41) is 0. The molecule has 0 aromatic heterocycles. The Hall–Kier alpha value is -0.500. The van der Waals surface area contributed by atoms with Crippen molar-refractivity contribution in [2.75, 3.05) is 6.61 Å². The minimum atomic E-state index is 0.486. The largest absolute Gasteiger partial charge is 0.493 e. The van der Waals surface area contributed by atoms with E-state index in [0.717, 1.165) is 31.1 Å². The van der Waals surface area contributed by atoms with Crippen molar-refractivity contribution < 1.29 is 4.74 Å². The summed E-state index contributed by atoms with van der Waals surface area (Å²) >= 11 is 3.94. The molecule has 0 amide bonds. The average Bonchev–Trinajstić information content (AvgIpc) is 2.46. The number of halogens is 1. The summed E-state index contributed by atoms with van der Waals surface area (Å²) in [6.45, 7) is 5.44. The van der Waals surface area contributed by atoms with Gasteiger partial charge >= 0.3 is 0 Å². The van der Waals surface area contributed by atoms with Crippen LogP contribution in [0.15, 0.2) is 18.2 Å². The summed E-state index contributed by atoms with van der Waals surface area (Å²) < 4.78 is 5.70. The lowest BCUT2D eigenvalue weighted by Gasteiger charge is -2.24. The molecule has 0 saturated heterocycles. The van der Waals surface area contributed by atoms with Gasteiger partial charge in [0, 0.05) is 4.83 Å². The third kappa shape index (κ3) is 3.75. The lowest BCUT2D eigenvalue weighted by Crippen LogP contribution is -2.11. The van der Waals surface area contributed by atoms with Crippen molar-refractivity contribution in [1.82, 2.24) is 0 Å². The van der Waals surface area contributed by atoms with E-state index in [1.807, 2.05) is 0 Å². The van der Waals surface area contributed by atoms with Gasteiger partial charge in [-0.05, 0) is 48.8 Å². The van der Waals surface area contributed by atoms with Gasteiger partial charge in [0.05, 0.1) is 6.61 Å². The van der Waals surface area contributed by atoms with Gasteiger partial charge < -0.3 is 4.74 Å². The van der Waals surface area contributed by atoms with E-state index in [4.69, 9.17) is 4.74 Å². The molecule has 1 aliphatic heterocycles. The van der Waals surface area contributed by atoms with Gasteiger partial charge in [0.15, 0.2) is 0 Å². The molecule has 2 heteroatoms. The van der Waals surface area contributed by atoms with E-state index in [2.05, 4.69) is 48.0 Å². The Kier molecular flexibility index (Phi) is 5.75. The lowest BCUT2D eigenvalue weighted by molar-refractivity contribution is 0.288. The highest BCUT2D eigenvalue weighted by atomic mass is 79.9. The van der Waals surface area contributed by atoms with Crippen LogP contribution < -0.4 is 4.74 Å². The highest BCUT2D eigenvalue weighted by Gasteiger charge is 2.21. The summed E-state index contributed by atoms with van der Waals surface area (Å²) in [6.07, 6.45) is 7.45. The normalized spacial score (nSPS) is 16.0. The van der Waals surface area contributed by atoms with Gasteiger partial charge in [0.1, 0.15) is 5.75 Å². The third-order valence-corrected chi connectivity index (χ3v) is 5.26. The van der Waals surface area contributed by atoms with Gasteiger partial charge in [-0.2, -0.15) is 0 Å². The maximum absolute atomic E-state index is 5.70. The zero-order chi connectivity index (χ0) is 13.7. The van der Waals surface area contributed by atoms with Crippen LogP contribution in [0.2, 0.25) is 0 Å². The van der Waals surface area contributed by atoms with E-state index in [1.165, 1.54) is 36.8 Å². The predicted molar refractivity (Wildman–Crippen MR) is 85.2 cm³/mol. The molecule has 1 aromatic carbocycles. The molecule has 2 rings (SSSR count). The fourth-order valence-corrected chi connectivity index (χ4v) is 3.82. The highest BCUT2D eigenvalue weighted by Crippen LogP contribution is 2.39. The number of fused-ring (bicyclic) bond motifs is 1. The van der Waals surface area contributed by atoms with Crippen molar-refractivity contribution in [2.24, 2.45) is 5.92 Å². The minimum Gasteiger partial charge on any atom is -0.493 e. The molecule has 1 heterocycles. The van der Waals surface area contributed by atoms with Crippen LogP contribution in [-0.2, 0) is 6.42 Å². The van der Waals surface area contributed by atoms with Crippen LogP contribution in [0.5, 0.6) is 5.75 Å². The maximum atomic E-state index is 5.70. The molecule has 0 aliphatic carbocycles. The first kappa shape index (κ1) is 14.9. The van der Waals surface area contributed by atoms with Crippen LogP contribution >= 0.6 is 15.9 Å². The number of benzene rings is 1. The van der Waals surface area contributed by atoms with Crippen molar-refractivity contribution in [3.05, 3.63) is 29.3 Å². The fraction of sp³-hybridized carbons (Fsp3) is 0.647. The van der Waals surface area contributed by atoms with E-state index >= 15 is 0 Å². The number of alkyl halides is 1. The second kappa shape index (κ2) is 7.33. The second-order valence-corrected chi connectivity index (χ2v) is 6.54. The van der Waals surface area contributed by atoms with Crippen LogP contribution in [0.4, 0.5) is 0 Å². The molecule has 1 atom stereocenters. The predicted octanol–water partition coefficient (Wildman–Crippen LogP) is 5.66. The van der Waals surface area contributed by atoms with E-state index in [-0.39, 0.29) is 0 Å². The van der Waals surface area contributed by atoms with Crippen molar-refractivity contribution in [1.29, 1.82) is 0 Å². The molecule has 0 spiro atoms. The summed E-state index contributed by atoms with van der Waals surface area (Å²) in [5.74, 6) is 1.84. The van der Waals surface area contributed by atoms with Crippen LogP contribution in [0.1, 0.15) is 61.9 Å². The van der Waals surface area contributed by atoms with E-state index in [1.54, 1.807) is 0 Å². The second-order valence-electron chi connectivity index (χ2n) is 5.56. The molecule has 1 unspecified atom stereocenters. The van der Waals surface area contributed by atoms with Crippen LogP contribution in [-0.4, -0.2) is 6.61 Å². The van der Waals surface area contributed by atoms with Crippen LogP contribution in [0.3, 0.4) is 0 Å². The zero-order valence-electron chi connectivity index (χ0n) is 12.1. The Morgan fingerprint density at radius 2 is 1.95 bits per heavy atom. The first-order chi connectivity index (χ1) is 9.26. The molecule has 1 aliphatic rings. The fourth-order valence-electron chi connectivity index (χ4n) is 3.00. The number of rotatable bonds is 6. The molecule has 0 bridgehead atoms. The first-order valence-electron chi connectivity index (χ1n) is 7.66. The third-order valence-electron chi connectivity index (χ3n) is 3.98. The number of aryl methyl sites for hydroxylation is 1. The maximum Gasteiger partial charge on any atom is 0.122 e. The van der Waals surface area contributed by atoms with E-state index in [0.29, 0.717) is 4.83 Å². The highest BCUT2D eigenvalue weighted by molar-refractivity contribution is 9.09. The summed E-state index contributed by atoms with van der Waals surface area (Å²) in [7, 11) is 0. The molecule has 0 radical (unpaired) electrons. The van der Waals surface area contributed by atoms with Crippen molar-refractivity contribution >= 4 is 15.9 Å². The van der Waals surface area contributed by atoms with Crippen molar-refractivity contribution in [3.8, 4) is 5.75 Å². The molecule has 0 N–H and O–H groups in total. The summed E-state index contributed by atoms with van der Waals surface area (Å²) in [5.41, 5.74) is 2.82. The Balaban J connectivity index is 2.15. The zero-order valence-corrected chi connectivity index (χ0v) is 13.7.